The van der Waals surface area contributed by atoms with E-state index < -0.39 is 0 Å². The molecule has 0 spiro atoms. The number of hydrogen-bond acceptors (Lipinski definition) is 4. The third kappa shape index (κ3) is 3.12. The van der Waals surface area contributed by atoms with Gasteiger partial charge >= 0.3 is 0 Å². The lowest BCUT2D eigenvalue weighted by Gasteiger charge is -2.29. The van der Waals surface area contributed by atoms with Crippen LogP contribution >= 0.6 is 0 Å². The number of ether oxygens (including phenoxy) is 2. The van der Waals surface area contributed by atoms with Gasteiger partial charge in [0.05, 0.1) is 6.61 Å². The van der Waals surface area contributed by atoms with Crippen LogP contribution in [0.1, 0.15) is 0 Å². The first-order valence-electron chi connectivity index (χ1n) is 5.46. The van der Waals surface area contributed by atoms with E-state index in [4.69, 9.17) is 9.47 Å². The summed E-state index contributed by atoms with van der Waals surface area (Å²) >= 11 is 0. The second-order valence-electron chi connectivity index (χ2n) is 4.06. The first kappa shape index (κ1) is 11.2. The highest BCUT2D eigenvalue weighted by Gasteiger charge is 2.18. The van der Waals surface area contributed by atoms with Crippen LogP contribution in [0.5, 0.6) is 11.5 Å². The number of morpholine rings is 1. The van der Waals surface area contributed by atoms with Crippen LogP contribution in [0.15, 0.2) is 24.3 Å². The molecule has 88 valence electrons. The van der Waals surface area contributed by atoms with Gasteiger partial charge in [0.1, 0.15) is 24.2 Å². The number of phenols is 1. The van der Waals surface area contributed by atoms with E-state index >= 15 is 0 Å². The summed E-state index contributed by atoms with van der Waals surface area (Å²) in [6, 6.07) is 6.81. The van der Waals surface area contributed by atoms with Gasteiger partial charge in [-0.1, -0.05) is 6.07 Å². The fourth-order valence-corrected chi connectivity index (χ4v) is 1.73. The molecule has 0 saturated carbocycles. The highest BCUT2D eigenvalue weighted by molar-refractivity contribution is 5.31. The van der Waals surface area contributed by atoms with Crippen LogP contribution in [0, 0.1) is 0 Å². The topological polar surface area (TPSA) is 41.9 Å². The minimum atomic E-state index is 0.112. The molecular formula is C12H17NO3. The normalized spacial score (nSPS) is 21.9. The Labute approximate surface area is 95.4 Å². The van der Waals surface area contributed by atoms with Crippen molar-refractivity contribution in [1.29, 1.82) is 0 Å². The number of likely N-dealkylation sites (N-methyl/N-ethyl adjacent to an activating group) is 1. The molecule has 1 atom stereocenters. The molecular weight excluding hydrogens is 206 g/mol. The Kier molecular flexibility index (Phi) is 3.64. The summed E-state index contributed by atoms with van der Waals surface area (Å²) in [6.07, 6.45) is 0.112. The van der Waals surface area contributed by atoms with Crippen molar-refractivity contribution in [2.45, 2.75) is 6.10 Å². The molecule has 4 nitrogen and oxygen atoms in total. The molecule has 0 aliphatic carbocycles. The molecule has 4 heteroatoms. The second kappa shape index (κ2) is 5.18. The number of phenolic OH excluding ortho intramolecular Hbond substituents is 1. The zero-order valence-corrected chi connectivity index (χ0v) is 9.43. The van der Waals surface area contributed by atoms with Crippen molar-refractivity contribution in [3.8, 4) is 11.5 Å². The van der Waals surface area contributed by atoms with Crippen molar-refractivity contribution in [3.63, 3.8) is 0 Å². The lowest BCUT2D eigenvalue weighted by atomic mass is 10.3. The van der Waals surface area contributed by atoms with Crippen molar-refractivity contribution >= 4 is 0 Å². The Bertz CT molecular complexity index is 343. The Morgan fingerprint density at radius 2 is 2.44 bits per heavy atom. The van der Waals surface area contributed by atoms with Crippen molar-refractivity contribution in [3.05, 3.63) is 24.3 Å². The van der Waals surface area contributed by atoms with Crippen molar-refractivity contribution in [2.75, 3.05) is 33.4 Å². The van der Waals surface area contributed by atoms with Crippen molar-refractivity contribution < 1.29 is 14.6 Å². The molecule has 1 heterocycles. The Hall–Kier alpha value is -1.26. The predicted molar refractivity (Wildman–Crippen MR) is 60.8 cm³/mol. The van der Waals surface area contributed by atoms with Crippen molar-refractivity contribution in [2.24, 2.45) is 0 Å². The van der Waals surface area contributed by atoms with E-state index in [9.17, 15) is 5.11 Å². The number of hydrogen-bond donors (Lipinski definition) is 1. The molecule has 1 aliphatic heterocycles. The second-order valence-corrected chi connectivity index (χ2v) is 4.06. The van der Waals surface area contributed by atoms with E-state index in [0.717, 1.165) is 19.7 Å². The average Bonchev–Trinajstić information content (AvgIpc) is 2.27. The maximum absolute atomic E-state index is 9.27. The number of rotatable bonds is 3. The lowest BCUT2D eigenvalue weighted by molar-refractivity contribution is -0.0403. The molecule has 2 rings (SSSR count). The van der Waals surface area contributed by atoms with E-state index in [-0.39, 0.29) is 11.9 Å². The van der Waals surface area contributed by atoms with Crippen LogP contribution < -0.4 is 4.74 Å². The van der Waals surface area contributed by atoms with Gasteiger partial charge in [-0.05, 0) is 19.2 Å². The minimum Gasteiger partial charge on any atom is -0.508 e. The van der Waals surface area contributed by atoms with Crippen LogP contribution in [0.4, 0.5) is 0 Å². The molecule has 16 heavy (non-hydrogen) atoms. The van der Waals surface area contributed by atoms with E-state index in [1.54, 1.807) is 18.2 Å². The van der Waals surface area contributed by atoms with Gasteiger partial charge in [0.15, 0.2) is 0 Å². The molecule has 0 amide bonds. The zero-order chi connectivity index (χ0) is 11.4. The lowest BCUT2D eigenvalue weighted by Crippen LogP contribution is -2.42. The van der Waals surface area contributed by atoms with Crippen molar-refractivity contribution in [1.82, 2.24) is 4.90 Å². The van der Waals surface area contributed by atoms with Crippen LogP contribution in [-0.2, 0) is 4.74 Å². The van der Waals surface area contributed by atoms with E-state index in [0.29, 0.717) is 12.4 Å². The van der Waals surface area contributed by atoms with Gasteiger partial charge in [-0.15, -0.1) is 0 Å². The van der Waals surface area contributed by atoms with E-state index in [1.165, 1.54) is 0 Å². The van der Waals surface area contributed by atoms with Crippen LogP contribution in [0.25, 0.3) is 0 Å². The quantitative estimate of drug-likeness (QED) is 0.833. The molecule has 0 aromatic heterocycles. The fourth-order valence-electron chi connectivity index (χ4n) is 1.73. The van der Waals surface area contributed by atoms with E-state index in [1.807, 2.05) is 6.07 Å². The summed E-state index contributed by atoms with van der Waals surface area (Å²) in [7, 11) is 2.07. The summed E-state index contributed by atoms with van der Waals surface area (Å²) in [5.74, 6) is 0.899. The molecule has 1 fully saturated rings. The molecule has 1 saturated heterocycles. The molecule has 1 unspecified atom stereocenters. The smallest absolute Gasteiger partial charge is 0.123 e. The molecule has 1 aromatic rings. The van der Waals surface area contributed by atoms with Gasteiger partial charge in [-0.2, -0.15) is 0 Å². The molecule has 0 bridgehead atoms. The number of nitrogens with zero attached hydrogens (tertiary/aromatic N) is 1. The number of benzene rings is 1. The summed E-state index contributed by atoms with van der Waals surface area (Å²) in [6.45, 7) is 3.14. The van der Waals surface area contributed by atoms with Gasteiger partial charge < -0.3 is 19.5 Å². The predicted octanol–water partition coefficient (Wildman–Crippen LogP) is 1.10. The standard InChI is InChI=1S/C12H17NO3/c1-13-5-6-15-12(8-13)9-16-11-4-2-3-10(14)7-11/h2-4,7,12,14H,5-6,8-9H2,1H3. The highest BCUT2D eigenvalue weighted by atomic mass is 16.5. The first-order chi connectivity index (χ1) is 7.74. The summed E-state index contributed by atoms with van der Waals surface area (Å²) in [5, 5.41) is 9.27. The van der Waals surface area contributed by atoms with Gasteiger partial charge in [0.25, 0.3) is 0 Å². The molecule has 1 aromatic carbocycles. The Morgan fingerprint density at radius 1 is 1.56 bits per heavy atom. The first-order valence-corrected chi connectivity index (χ1v) is 5.46. The number of aromatic hydroxyl groups is 1. The van der Waals surface area contributed by atoms with Crippen LogP contribution in [-0.4, -0.2) is 49.5 Å². The summed E-state index contributed by atoms with van der Waals surface area (Å²) < 4.78 is 11.1. The summed E-state index contributed by atoms with van der Waals surface area (Å²) in [5.41, 5.74) is 0. The summed E-state index contributed by atoms with van der Waals surface area (Å²) in [4.78, 5) is 2.22. The van der Waals surface area contributed by atoms with Gasteiger partial charge in [-0.25, -0.2) is 0 Å². The average molecular weight is 223 g/mol. The van der Waals surface area contributed by atoms with Gasteiger partial charge in [0, 0.05) is 19.2 Å². The zero-order valence-electron chi connectivity index (χ0n) is 9.43. The van der Waals surface area contributed by atoms with E-state index in [2.05, 4.69) is 11.9 Å². The Morgan fingerprint density at radius 3 is 3.19 bits per heavy atom. The maximum Gasteiger partial charge on any atom is 0.123 e. The molecule has 1 N–H and O–H groups in total. The van der Waals surface area contributed by atoms with Gasteiger partial charge in [-0.3, -0.25) is 0 Å². The van der Waals surface area contributed by atoms with Gasteiger partial charge in [0.2, 0.25) is 0 Å². The molecule has 0 radical (unpaired) electrons. The van der Waals surface area contributed by atoms with Crippen LogP contribution in [0.2, 0.25) is 0 Å². The Balaban J connectivity index is 1.82. The van der Waals surface area contributed by atoms with Crippen LogP contribution in [0.3, 0.4) is 0 Å². The third-order valence-electron chi connectivity index (χ3n) is 2.60. The fraction of sp³-hybridized carbons (Fsp3) is 0.500. The highest BCUT2D eigenvalue weighted by Crippen LogP contribution is 2.18. The SMILES string of the molecule is CN1CCOC(COc2cccc(O)c2)C1. The molecule has 1 aliphatic rings. The monoisotopic (exact) mass is 223 g/mol. The minimum absolute atomic E-state index is 0.112. The third-order valence-corrected chi connectivity index (χ3v) is 2.60. The maximum atomic E-state index is 9.27. The largest absolute Gasteiger partial charge is 0.508 e.